The number of allylic oxidation sites excluding steroid dienone is 4. The Morgan fingerprint density at radius 3 is 2.59 bits per heavy atom. The summed E-state index contributed by atoms with van der Waals surface area (Å²) in [6.07, 6.45) is 17.8. The molecule has 3 aromatic carbocycles. The van der Waals surface area contributed by atoms with Crippen molar-refractivity contribution in [2.24, 2.45) is 5.41 Å². The lowest BCUT2D eigenvalue weighted by atomic mass is 9.66. The van der Waals surface area contributed by atoms with Gasteiger partial charge in [-0.25, -0.2) is 0 Å². The van der Waals surface area contributed by atoms with Crippen LogP contribution in [0.25, 0.3) is 32.9 Å². The second kappa shape index (κ2) is 10.3. The topological polar surface area (TPSA) is 24.1 Å². The Morgan fingerprint density at radius 2 is 1.73 bits per heavy atom. The van der Waals surface area contributed by atoms with E-state index in [0.717, 1.165) is 18.5 Å². The monoisotopic (exact) mass is 612 g/mol. The molecule has 4 heterocycles. The first-order chi connectivity index (χ1) is 21.2. The molecule has 2 unspecified atom stereocenters. The molecule has 2 atom stereocenters. The van der Waals surface area contributed by atoms with Crippen LogP contribution >= 0.6 is 23.1 Å². The molecule has 2 N–H and O–H groups in total. The Hall–Kier alpha value is -3.47. The predicted molar refractivity (Wildman–Crippen MR) is 193 cm³/mol. The number of rotatable bonds is 3. The van der Waals surface area contributed by atoms with Crippen LogP contribution in [0.2, 0.25) is 0 Å². The molecule has 1 fully saturated rings. The molecule has 2 nitrogen and oxygen atoms in total. The van der Waals surface area contributed by atoms with Crippen LogP contribution < -0.4 is 10.6 Å². The number of fused-ring (bicyclic) bond motifs is 5. The first-order valence-electron chi connectivity index (χ1n) is 16.0. The third-order valence-corrected chi connectivity index (χ3v) is 13.0. The molecule has 3 aliphatic heterocycles. The van der Waals surface area contributed by atoms with Gasteiger partial charge < -0.3 is 10.6 Å². The van der Waals surface area contributed by atoms with Crippen LogP contribution in [-0.2, 0) is 6.42 Å². The standard InChI is InChI=1S/C40H40N2S2/c1-24-17-27-23-41-40(5)16-10-15-39(40,4)33(20-24)32-19-25(2)18-31(38(32)43-27)29-21-30-28-12-7-9-14-36(28)44-37(30)22-35(29)42-34-13-8-6-11-26(34)3/h6-8,11-13,17-23,41-42H,9-10,14-16H2,1-5H3/b24-17+,27-23-,33-20+. The Labute approximate surface area is 270 Å². The third-order valence-electron chi connectivity index (χ3n) is 10.7. The van der Waals surface area contributed by atoms with E-state index >= 15 is 0 Å². The maximum Gasteiger partial charge on any atom is 0.0479 e. The Bertz CT molecular complexity index is 1990. The molecule has 5 aliphatic rings. The highest BCUT2D eigenvalue weighted by Gasteiger charge is 2.51. The average molecular weight is 613 g/mol. The lowest BCUT2D eigenvalue weighted by Crippen LogP contribution is -2.49. The highest BCUT2D eigenvalue weighted by molar-refractivity contribution is 8.03. The van der Waals surface area contributed by atoms with Crippen LogP contribution in [-0.4, -0.2) is 5.54 Å². The summed E-state index contributed by atoms with van der Waals surface area (Å²) in [4.78, 5) is 4.14. The summed E-state index contributed by atoms with van der Waals surface area (Å²) >= 11 is 3.89. The van der Waals surface area contributed by atoms with E-state index in [-0.39, 0.29) is 11.0 Å². The molecule has 0 saturated heterocycles. The van der Waals surface area contributed by atoms with Gasteiger partial charge in [-0.2, -0.15) is 0 Å². The molecule has 0 radical (unpaired) electrons. The summed E-state index contributed by atoms with van der Waals surface area (Å²) in [5.74, 6) is 0. The van der Waals surface area contributed by atoms with E-state index < -0.39 is 0 Å². The van der Waals surface area contributed by atoms with Crippen LogP contribution in [0.4, 0.5) is 11.4 Å². The molecule has 1 aromatic heterocycles. The third kappa shape index (κ3) is 4.36. The Morgan fingerprint density at radius 1 is 0.886 bits per heavy atom. The Balaban J connectivity index is 1.42. The van der Waals surface area contributed by atoms with Crippen molar-refractivity contribution in [3.63, 3.8) is 0 Å². The van der Waals surface area contributed by atoms with Gasteiger partial charge in [0.15, 0.2) is 0 Å². The number of thiophene rings is 1. The largest absolute Gasteiger partial charge is 0.384 e. The van der Waals surface area contributed by atoms with Crippen LogP contribution in [0.1, 0.15) is 73.6 Å². The van der Waals surface area contributed by atoms with Crippen molar-refractivity contribution in [3.8, 4) is 11.1 Å². The van der Waals surface area contributed by atoms with Crippen molar-refractivity contribution in [2.45, 2.75) is 77.2 Å². The zero-order chi connectivity index (χ0) is 30.2. The Kier molecular flexibility index (Phi) is 6.55. The van der Waals surface area contributed by atoms with Gasteiger partial charge in [-0.15, -0.1) is 11.3 Å². The van der Waals surface area contributed by atoms with Crippen molar-refractivity contribution in [2.75, 3.05) is 5.32 Å². The molecule has 44 heavy (non-hydrogen) atoms. The lowest BCUT2D eigenvalue weighted by Gasteiger charge is -2.44. The van der Waals surface area contributed by atoms with E-state index in [0.29, 0.717) is 0 Å². The number of nitrogens with one attached hydrogen (secondary N) is 2. The molecule has 1 saturated carbocycles. The molecule has 2 bridgehead atoms. The number of benzene rings is 3. The summed E-state index contributed by atoms with van der Waals surface area (Å²) in [7, 11) is 0. The molecule has 4 heteroatoms. The molecule has 9 rings (SSSR count). The summed E-state index contributed by atoms with van der Waals surface area (Å²) in [6.45, 7) is 11.7. The number of thioether (sulfide) groups is 1. The smallest absolute Gasteiger partial charge is 0.0479 e. The van der Waals surface area contributed by atoms with Gasteiger partial charge in [-0.3, -0.25) is 0 Å². The van der Waals surface area contributed by atoms with Gasteiger partial charge in [0, 0.05) is 58.9 Å². The number of para-hydroxylation sites is 1. The minimum absolute atomic E-state index is 0.00710. The molecule has 0 amide bonds. The minimum atomic E-state index is 0.00710. The fourth-order valence-corrected chi connectivity index (χ4v) is 10.3. The normalized spacial score (nSPS) is 27.2. The molecule has 4 aromatic rings. The van der Waals surface area contributed by atoms with Gasteiger partial charge in [0.1, 0.15) is 0 Å². The summed E-state index contributed by atoms with van der Waals surface area (Å²) in [5.41, 5.74) is 13.1. The van der Waals surface area contributed by atoms with Crippen molar-refractivity contribution in [1.82, 2.24) is 5.32 Å². The average Bonchev–Trinajstić information content (AvgIpc) is 3.52. The highest BCUT2D eigenvalue weighted by atomic mass is 32.2. The minimum Gasteiger partial charge on any atom is -0.384 e. The molecular weight excluding hydrogens is 573 g/mol. The first-order valence-corrected chi connectivity index (χ1v) is 17.7. The number of anilines is 2. The van der Waals surface area contributed by atoms with Crippen LogP contribution in [0.3, 0.4) is 0 Å². The van der Waals surface area contributed by atoms with E-state index in [1.165, 1.54) is 94.2 Å². The van der Waals surface area contributed by atoms with Gasteiger partial charge in [0.2, 0.25) is 0 Å². The number of hydrogen-bond donors (Lipinski definition) is 2. The number of aryl methyl sites for hydroxylation is 3. The fourth-order valence-electron chi connectivity index (χ4n) is 7.95. The molecule has 222 valence electrons. The van der Waals surface area contributed by atoms with Gasteiger partial charge in [0.05, 0.1) is 0 Å². The van der Waals surface area contributed by atoms with E-state index in [1.807, 2.05) is 23.1 Å². The van der Waals surface area contributed by atoms with Crippen LogP contribution in [0.15, 0.2) is 88.3 Å². The molecule has 0 spiro atoms. The van der Waals surface area contributed by atoms with E-state index in [1.54, 1.807) is 0 Å². The maximum atomic E-state index is 3.96. The first kappa shape index (κ1) is 28.0. The maximum absolute atomic E-state index is 3.96. The summed E-state index contributed by atoms with van der Waals surface area (Å²) < 4.78 is 1.36. The zero-order valence-corrected chi connectivity index (χ0v) is 28.0. The SMILES string of the molecule is CC1=C\C2=C\NC3(C)CCCC3(C)\C(=C\1)c1cc(C)cc(-c3cc4c5c(sc4cc3Nc3ccccc3C)CCC=C5)c1S2. The zero-order valence-electron chi connectivity index (χ0n) is 26.4. The van der Waals surface area contributed by atoms with Crippen LogP contribution in [0.5, 0.6) is 0 Å². The molecule has 2 aliphatic carbocycles. The van der Waals surface area contributed by atoms with E-state index in [4.69, 9.17) is 0 Å². The van der Waals surface area contributed by atoms with Gasteiger partial charge in [-0.1, -0.05) is 73.7 Å². The van der Waals surface area contributed by atoms with E-state index in [9.17, 15) is 0 Å². The van der Waals surface area contributed by atoms with E-state index in [2.05, 4.69) is 124 Å². The predicted octanol–water partition coefficient (Wildman–Crippen LogP) is 11.7. The second-order valence-electron chi connectivity index (χ2n) is 13.7. The highest BCUT2D eigenvalue weighted by Crippen LogP contribution is 2.59. The van der Waals surface area contributed by atoms with Crippen LogP contribution in [0, 0.1) is 19.3 Å². The molecular formula is C40H40N2S2. The second-order valence-corrected chi connectivity index (χ2v) is 15.9. The van der Waals surface area contributed by atoms with Crippen molar-refractivity contribution in [1.29, 1.82) is 0 Å². The van der Waals surface area contributed by atoms with Crippen molar-refractivity contribution >= 4 is 56.2 Å². The fraction of sp³-hybridized carbons (Fsp3) is 0.300. The summed E-state index contributed by atoms with van der Waals surface area (Å²) in [5, 5.41) is 9.25. The summed E-state index contributed by atoms with van der Waals surface area (Å²) in [6, 6.07) is 18.4. The van der Waals surface area contributed by atoms with Crippen molar-refractivity contribution in [3.05, 3.63) is 111 Å². The van der Waals surface area contributed by atoms with Gasteiger partial charge >= 0.3 is 0 Å². The number of hydrogen-bond acceptors (Lipinski definition) is 4. The van der Waals surface area contributed by atoms with Crippen molar-refractivity contribution < 1.29 is 0 Å². The quantitative estimate of drug-likeness (QED) is 0.241. The van der Waals surface area contributed by atoms with Gasteiger partial charge in [-0.05, 0) is 117 Å². The lowest BCUT2D eigenvalue weighted by molar-refractivity contribution is 0.245. The van der Waals surface area contributed by atoms with Gasteiger partial charge in [0.25, 0.3) is 0 Å².